The number of carboxylic acids is 1. The van der Waals surface area contributed by atoms with Crippen molar-refractivity contribution in [1.82, 2.24) is 4.57 Å². The lowest BCUT2D eigenvalue weighted by Crippen LogP contribution is -2.38. The summed E-state index contributed by atoms with van der Waals surface area (Å²) in [6, 6.07) is 16.5. The van der Waals surface area contributed by atoms with Gasteiger partial charge in [0.25, 0.3) is 0 Å². The van der Waals surface area contributed by atoms with Gasteiger partial charge in [-0.3, -0.25) is 0 Å². The number of para-hydroxylation sites is 2. The van der Waals surface area contributed by atoms with Crippen molar-refractivity contribution in [2.75, 3.05) is 11.6 Å². The van der Waals surface area contributed by atoms with Crippen LogP contribution in [0.15, 0.2) is 54.6 Å². The van der Waals surface area contributed by atoms with Crippen molar-refractivity contribution >= 4 is 28.5 Å². The molecule has 0 amide bonds. The van der Waals surface area contributed by atoms with Crippen LogP contribution in [0.2, 0.25) is 0 Å². The summed E-state index contributed by atoms with van der Waals surface area (Å²) in [5.74, 6) is -3.10. The molecule has 146 valence electrons. The molecule has 3 rings (SSSR count). The van der Waals surface area contributed by atoms with Crippen LogP contribution in [-0.4, -0.2) is 39.4 Å². The molecule has 0 fully saturated rings. The van der Waals surface area contributed by atoms with Crippen molar-refractivity contribution in [1.29, 1.82) is 0 Å². The van der Waals surface area contributed by atoms with Gasteiger partial charge in [0.15, 0.2) is 0 Å². The first-order chi connectivity index (χ1) is 13.4. The van der Waals surface area contributed by atoms with E-state index in [0.29, 0.717) is 5.69 Å². The molecule has 2 N–H and O–H groups in total. The zero-order chi connectivity index (χ0) is 20.3. The number of hydrogen-bond acceptors (Lipinski definition) is 5. The summed E-state index contributed by atoms with van der Waals surface area (Å²) in [5, 5.41) is 21.7. The number of hydroxylamine groups is 1. The van der Waals surface area contributed by atoms with E-state index in [1.807, 2.05) is 42.7 Å². The normalized spacial score (nSPS) is 12.0. The first-order valence-corrected chi connectivity index (χ1v) is 8.88. The van der Waals surface area contributed by atoms with E-state index in [0.717, 1.165) is 27.2 Å². The summed E-state index contributed by atoms with van der Waals surface area (Å²) >= 11 is 0. The van der Waals surface area contributed by atoms with Gasteiger partial charge in [-0.25, -0.2) is 14.7 Å². The fourth-order valence-electron chi connectivity index (χ4n) is 3.23. The number of aromatic nitrogens is 1. The van der Waals surface area contributed by atoms with Crippen LogP contribution in [0.5, 0.6) is 0 Å². The number of fused-ring (bicyclic) bond motifs is 1. The molecule has 0 bridgehead atoms. The van der Waals surface area contributed by atoms with E-state index < -0.39 is 18.0 Å². The summed E-state index contributed by atoms with van der Waals surface area (Å²) in [4.78, 5) is 27.4. The monoisotopic (exact) mass is 382 g/mol. The van der Waals surface area contributed by atoms with Gasteiger partial charge in [0, 0.05) is 16.6 Å². The summed E-state index contributed by atoms with van der Waals surface area (Å²) < 4.78 is 2.01. The molecule has 1 atom stereocenters. The van der Waals surface area contributed by atoms with E-state index in [4.69, 9.17) is 9.94 Å². The van der Waals surface area contributed by atoms with Crippen molar-refractivity contribution in [2.45, 2.75) is 26.5 Å². The highest BCUT2D eigenvalue weighted by Crippen LogP contribution is 2.25. The highest BCUT2D eigenvalue weighted by Gasteiger charge is 2.23. The van der Waals surface area contributed by atoms with Crippen molar-refractivity contribution < 1.29 is 24.6 Å². The van der Waals surface area contributed by atoms with Crippen LogP contribution in [0, 0.1) is 13.8 Å². The predicted molar refractivity (Wildman–Crippen MR) is 105 cm³/mol. The Morgan fingerprint density at radius 1 is 1.07 bits per heavy atom. The molecule has 0 aliphatic carbocycles. The van der Waals surface area contributed by atoms with E-state index in [9.17, 15) is 14.7 Å². The minimum atomic E-state index is -1.70. The minimum Gasteiger partial charge on any atom is -0.473 e. The second-order valence-corrected chi connectivity index (χ2v) is 6.57. The van der Waals surface area contributed by atoms with Crippen molar-refractivity contribution in [2.24, 2.45) is 0 Å². The number of aliphatic hydroxyl groups excluding tert-OH is 1. The highest BCUT2D eigenvalue weighted by molar-refractivity contribution is 6.28. The predicted octanol–water partition coefficient (Wildman–Crippen LogP) is 2.67. The summed E-state index contributed by atoms with van der Waals surface area (Å²) in [5.41, 5.74) is 3.65. The van der Waals surface area contributed by atoms with Crippen molar-refractivity contribution in [3.05, 3.63) is 65.9 Å². The molecule has 0 radical (unpaired) electrons. The molecular weight excluding hydrogens is 360 g/mol. The third-order valence-electron chi connectivity index (χ3n) is 4.73. The van der Waals surface area contributed by atoms with Crippen molar-refractivity contribution in [3.8, 4) is 0 Å². The molecule has 0 saturated carbocycles. The molecule has 3 aromatic rings. The van der Waals surface area contributed by atoms with E-state index >= 15 is 0 Å². The number of aliphatic hydroxyl groups is 1. The third-order valence-corrected chi connectivity index (χ3v) is 4.73. The number of rotatable bonds is 6. The lowest BCUT2D eigenvalue weighted by Gasteiger charge is -2.25. The zero-order valence-corrected chi connectivity index (χ0v) is 15.7. The Bertz CT molecular complexity index is 997. The molecular formula is C21H22N2O5. The standard InChI is InChI=1S/C21H22N2O5/c1-14-15(2)22(19-11-7-6-10-18(14)19)12-17(24)13-23(28-21(27)20(25)26)16-8-4-3-5-9-16/h3-11,17,24H,12-13H2,1-2H3,(H,25,26). The first kappa shape index (κ1) is 19.4. The Morgan fingerprint density at radius 3 is 2.39 bits per heavy atom. The molecule has 7 heteroatoms. The van der Waals surface area contributed by atoms with Crippen LogP contribution in [0.25, 0.3) is 10.9 Å². The number of aryl methyl sites for hydroxylation is 1. The number of carbonyl (C=O) groups is 2. The average Bonchev–Trinajstić information content (AvgIpc) is 2.93. The van der Waals surface area contributed by atoms with E-state index in [1.165, 1.54) is 0 Å². The van der Waals surface area contributed by atoms with Gasteiger partial charge in [-0.05, 0) is 37.6 Å². The summed E-state index contributed by atoms with van der Waals surface area (Å²) in [6.45, 7) is 4.22. The maximum absolute atomic E-state index is 11.5. The lowest BCUT2D eigenvalue weighted by atomic mass is 10.2. The Balaban J connectivity index is 1.83. The maximum Gasteiger partial charge on any atom is 0.441 e. The van der Waals surface area contributed by atoms with Crippen LogP contribution in [0.1, 0.15) is 11.3 Å². The van der Waals surface area contributed by atoms with Crippen LogP contribution in [-0.2, 0) is 21.0 Å². The zero-order valence-electron chi connectivity index (χ0n) is 15.7. The molecule has 1 aromatic heterocycles. The van der Waals surface area contributed by atoms with Gasteiger partial charge >= 0.3 is 11.9 Å². The number of carbonyl (C=O) groups excluding carboxylic acids is 1. The molecule has 28 heavy (non-hydrogen) atoms. The Hall–Kier alpha value is -3.32. The van der Waals surface area contributed by atoms with E-state index in [2.05, 4.69) is 0 Å². The summed E-state index contributed by atoms with van der Waals surface area (Å²) in [6.07, 6.45) is -0.907. The number of benzene rings is 2. The fourth-order valence-corrected chi connectivity index (χ4v) is 3.23. The second kappa shape index (κ2) is 8.14. The third kappa shape index (κ3) is 3.99. The minimum absolute atomic E-state index is 0.0754. The van der Waals surface area contributed by atoms with Crippen LogP contribution < -0.4 is 5.06 Å². The number of anilines is 1. The van der Waals surface area contributed by atoms with Gasteiger partial charge in [0.05, 0.1) is 24.9 Å². The quantitative estimate of drug-likeness (QED) is 0.503. The molecule has 0 saturated heterocycles. The Labute approximate surface area is 162 Å². The lowest BCUT2D eigenvalue weighted by molar-refractivity contribution is -0.165. The Kier molecular flexibility index (Phi) is 5.65. The molecule has 0 aliphatic rings. The summed E-state index contributed by atoms with van der Waals surface area (Å²) in [7, 11) is 0. The number of nitrogens with zero attached hydrogens (tertiary/aromatic N) is 2. The first-order valence-electron chi connectivity index (χ1n) is 8.88. The topological polar surface area (TPSA) is 92.0 Å². The second-order valence-electron chi connectivity index (χ2n) is 6.57. The smallest absolute Gasteiger partial charge is 0.441 e. The molecule has 0 spiro atoms. The van der Waals surface area contributed by atoms with Gasteiger partial charge in [-0.1, -0.05) is 36.4 Å². The number of carboxylic acid groups (broad SMARTS) is 1. The Morgan fingerprint density at radius 2 is 1.71 bits per heavy atom. The van der Waals surface area contributed by atoms with E-state index in [1.54, 1.807) is 30.3 Å². The van der Waals surface area contributed by atoms with Crippen LogP contribution in [0.4, 0.5) is 5.69 Å². The van der Waals surface area contributed by atoms with Crippen LogP contribution in [0.3, 0.4) is 0 Å². The van der Waals surface area contributed by atoms with Crippen molar-refractivity contribution in [3.63, 3.8) is 0 Å². The highest BCUT2D eigenvalue weighted by atomic mass is 16.7. The number of aliphatic carboxylic acids is 1. The SMILES string of the molecule is Cc1c(C)n(CC(O)CN(OC(=O)C(=O)O)c2ccccc2)c2ccccc12. The molecule has 1 heterocycles. The van der Waals surface area contributed by atoms with Gasteiger partial charge in [-0.15, -0.1) is 0 Å². The average molecular weight is 382 g/mol. The van der Waals surface area contributed by atoms with Gasteiger partial charge in [0.2, 0.25) is 0 Å². The van der Waals surface area contributed by atoms with Gasteiger partial charge in [0.1, 0.15) is 0 Å². The maximum atomic E-state index is 11.5. The fraction of sp³-hybridized carbons (Fsp3) is 0.238. The number of hydrogen-bond donors (Lipinski definition) is 2. The van der Waals surface area contributed by atoms with Crippen LogP contribution >= 0.6 is 0 Å². The molecule has 0 aliphatic heterocycles. The van der Waals surface area contributed by atoms with Gasteiger partial charge in [-0.2, -0.15) is 0 Å². The van der Waals surface area contributed by atoms with Gasteiger partial charge < -0.3 is 19.6 Å². The largest absolute Gasteiger partial charge is 0.473 e. The molecule has 7 nitrogen and oxygen atoms in total. The van der Waals surface area contributed by atoms with E-state index in [-0.39, 0.29) is 13.1 Å². The molecule has 1 unspecified atom stereocenters. The molecule has 2 aromatic carbocycles.